The molecule has 0 atom stereocenters. The number of rotatable bonds is 17. The van der Waals surface area contributed by atoms with Crippen molar-refractivity contribution in [1.29, 1.82) is 0 Å². The minimum Gasteiger partial charge on any atom is -0.365 e. The summed E-state index contributed by atoms with van der Waals surface area (Å²) in [6.07, 6.45) is 5.88. The van der Waals surface area contributed by atoms with Crippen LogP contribution in [0.25, 0.3) is 0 Å². The van der Waals surface area contributed by atoms with E-state index in [-0.39, 0.29) is 50.9 Å². The highest BCUT2D eigenvalue weighted by molar-refractivity contribution is 6.00. The molecule has 5 aliphatic rings. The summed E-state index contributed by atoms with van der Waals surface area (Å²) in [6.45, 7) is 7.83. The molecule has 5 aromatic heterocycles. The fraction of sp³-hybridized carbons (Fsp3) is 0.250. The Morgan fingerprint density at radius 1 is 0.493 bits per heavy atom. The van der Waals surface area contributed by atoms with E-state index < -0.39 is 42.3 Å². The summed E-state index contributed by atoms with van der Waals surface area (Å²) in [4.78, 5) is 132. The van der Waals surface area contributed by atoms with Crippen molar-refractivity contribution >= 4 is 99.6 Å². The van der Waals surface area contributed by atoms with Crippen LogP contribution in [0, 0.1) is 50.6 Å². The number of nitrogens with two attached hydrogens (primary N) is 3. The first-order chi connectivity index (χ1) is 35.7. The Labute approximate surface area is 418 Å². The van der Waals surface area contributed by atoms with E-state index >= 15 is 0 Å². The Kier molecular flexibility index (Phi) is 16.6. The van der Waals surface area contributed by atoms with Crippen LogP contribution in [0.4, 0.5) is 69.0 Å². The van der Waals surface area contributed by atoms with Crippen LogP contribution in [-0.2, 0) is 9.59 Å². The molecule has 35 heteroatoms. The SMILES string of the molecule is NC(=O)c1cc(N2CC2)ncc1[N+](=O)[O-].NC(=O)c1cc([N+](=O)[O-])cnc1N1CC1.NC(=O)c1ccnc(N2CC2)c1[N+](=O)[O-].O=CNc1ccc([N+](=O)[O-])c(N2CC2)n1.O=CNc1cnc(N2CC2)c([N+](=O)[O-])c1. The number of pyridine rings is 5. The molecular formula is C40H40N20O15. The number of carbonyl (C=O) groups is 5. The van der Waals surface area contributed by atoms with Crippen LogP contribution < -0.4 is 52.3 Å². The zero-order valence-electron chi connectivity index (χ0n) is 38.6. The number of nitrogens with one attached hydrogen (secondary N) is 2. The van der Waals surface area contributed by atoms with E-state index in [1.54, 1.807) is 14.7 Å². The number of nitro groups is 5. The second kappa shape index (κ2) is 23.3. The molecule has 5 fully saturated rings. The first kappa shape index (κ1) is 53.5. The normalized spacial score (nSPS) is 13.6. The number of hydrogen-bond acceptors (Lipinski definition) is 25. The largest absolute Gasteiger partial charge is 0.365 e. The van der Waals surface area contributed by atoms with E-state index in [1.165, 1.54) is 42.7 Å². The highest BCUT2D eigenvalue weighted by Gasteiger charge is 2.33. The molecule has 0 bridgehead atoms. The van der Waals surface area contributed by atoms with E-state index in [2.05, 4.69) is 35.6 Å². The number of primary amides is 3. The maximum absolute atomic E-state index is 11.1. The molecular weight excluding hydrogens is 1000 g/mol. The highest BCUT2D eigenvalue weighted by Crippen LogP contribution is 2.34. The average Bonchev–Trinajstić information content (AvgIpc) is 4.16. The number of amides is 5. The molecule has 0 unspecified atom stereocenters. The van der Waals surface area contributed by atoms with Crippen molar-refractivity contribution < 1.29 is 48.6 Å². The Bertz CT molecular complexity index is 3100. The summed E-state index contributed by atoms with van der Waals surface area (Å²) in [5.41, 5.74) is 14.4. The Hall–Kier alpha value is -10.9. The lowest BCUT2D eigenvalue weighted by Gasteiger charge is -2.05. The van der Waals surface area contributed by atoms with Crippen molar-refractivity contribution in [2.75, 3.05) is 101 Å². The maximum atomic E-state index is 11.1. The van der Waals surface area contributed by atoms with Gasteiger partial charge in [0, 0.05) is 95.9 Å². The monoisotopic (exact) mass is 1040 g/mol. The smallest absolute Gasteiger partial charge is 0.324 e. The van der Waals surface area contributed by atoms with Gasteiger partial charge in [-0.1, -0.05) is 0 Å². The molecule has 10 heterocycles. The third-order valence-electron chi connectivity index (χ3n) is 10.3. The second-order valence-corrected chi connectivity index (χ2v) is 15.6. The van der Waals surface area contributed by atoms with Gasteiger partial charge in [0.2, 0.25) is 30.3 Å². The second-order valence-electron chi connectivity index (χ2n) is 15.6. The van der Waals surface area contributed by atoms with Crippen LogP contribution in [0.1, 0.15) is 31.1 Å². The van der Waals surface area contributed by atoms with E-state index in [0.717, 1.165) is 83.9 Å². The van der Waals surface area contributed by atoms with Gasteiger partial charge in [-0.2, -0.15) is 0 Å². The van der Waals surface area contributed by atoms with Crippen molar-refractivity contribution in [2.45, 2.75) is 0 Å². The Morgan fingerprint density at radius 3 is 1.51 bits per heavy atom. The van der Waals surface area contributed by atoms with Crippen molar-refractivity contribution in [3.8, 4) is 0 Å². The van der Waals surface area contributed by atoms with Gasteiger partial charge in [0.15, 0.2) is 0 Å². The van der Waals surface area contributed by atoms with Gasteiger partial charge in [0.05, 0.1) is 42.1 Å². The summed E-state index contributed by atoms with van der Waals surface area (Å²) in [5, 5.41) is 57.9. The van der Waals surface area contributed by atoms with Crippen molar-refractivity contribution in [3.63, 3.8) is 0 Å². The summed E-state index contributed by atoms with van der Waals surface area (Å²) >= 11 is 0. The minimum atomic E-state index is -0.813. The zero-order chi connectivity index (χ0) is 54.7. The predicted molar refractivity (Wildman–Crippen MR) is 260 cm³/mol. The quantitative estimate of drug-likeness (QED) is 0.0366. The molecule has 390 valence electrons. The maximum Gasteiger partial charge on any atom is 0.324 e. The summed E-state index contributed by atoms with van der Waals surface area (Å²) in [7, 11) is 0. The Balaban J connectivity index is 0.000000152. The molecule has 0 aliphatic carbocycles. The standard InChI is InChI=1S/5C8H8N4O3/c13-5-10-6-3-7(12(14)15)8(9-4-6)11-1-2-11;9-8(13)5-3-7(11-1-2-11)10-4-6(5)12(14)15;9-7(13)6-3-5(12(14)15)4-10-8(6)11-1-2-11;13-5-9-7-2-1-6(12(14)15)8(10-7)11-3-4-11;9-7(13)5-1-2-10-8(11-3-4-11)6(5)12(14)15/h3-5H,1-2H2,(H,10,13);2*3-4H,1-2H2,(H2,9,13);1-2,5H,3-4H2,(H,9,10,13);1-2H,3-4H2,(H2,9,13). The van der Waals surface area contributed by atoms with Gasteiger partial charge in [0.25, 0.3) is 29.1 Å². The lowest BCUT2D eigenvalue weighted by molar-refractivity contribution is -0.385. The molecule has 5 saturated heterocycles. The lowest BCUT2D eigenvalue weighted by atomic mass is 10.2. The molecule has 5 aromatic rings. The molecule has 5 amide bonds. The molecule has 8 N–H and O–H groups in total. The molecule has 10 rings (SSSR count). The van der Waals surface area contributed by atoms with Gasteiger partial charge in [-0.05, 0) is 12.1 Å². The predicted octanol–water partition coefficient (Wildman–Crippen LogP) is 0.482. The van der Waals surface area contributed by atoms with Crippen LogP contribution in [0.15, 0.2) is 61.2 Å². The van der Waals surface area contributed by atoms with Gasteiger partial charge >= 0.3 is 17.1 Å². The van der Waals surface area contributed by atoms with Gasteiger partial charge < -0.3 is 52.3 Å². The fourth-order valence-corrected chi connectivity index (χ4v) is 6.24. The number of hydrogen-bond donors (Lipinski definition) is 5. The summed E-state index contributed by atoms with van der Waals surface area (Å²) in [5.74, 6) is -0.146. The first-order valence-electron chi connectivity index (χ1n) is 21.5. The van der Waals surface area contributed by atoms with Crippen LogP contribution in [0.5, 0.6) is 0 Å². The molecule has 0 radical (unpaired) electrons. The van der Waals surface area contributed by atoms with Gasteiger partial charge in [-0.25, -0.2) is 24.9 Å². The van der Waals surface area contributed by atoms with Crippen molar-refractivity contribution in [1.82, 2.24) is 24.9 Å². The molecule has 5 aliphatic heterocycles. The van der Waals surface area contributed by atoms with Crippen LogP contribution in [-0.4, -0.2) is 146 Å². The third kappa shape index (κ3) is 14.4. The summed E-state index contributed by atoms with van der Waals surface area (Å²) in [6, 6.07) is 7.81. The molecule has 0 saturated carbocycles. The van der Waals surface area contributed by atoms with Gasteiger partial charge in [-0.15, -0.1) is 0 Å². The topological polar surface area (TPSA) is 483 Å². The summed E-state index contributed by atoms with van der Waals surface area (Å²) < 4.78 is 0. The number of carbonyl (C=O) groups excluding carboxylic acids is 5. The first-order valence-corrected chi connectivity index (χ1v) is 21.5. The van der Waals surface area contributed by atoms with Crippen LogP contribution in [0.2, 0.25) is 0 Å². The average molecular weight is 1040 g/mol. The zero-order valence-corrected chi connectivity index (χ0v) is 38.6. The van der Waals surface area contributed by atoms with E-state index in [0.29, 0.717) is 47.6 Å². The van der Waals surface area contributed by atoms with Crippen LogP contribution in [0.3, 0.4) is 0 Å². The van der Waals surface area contributed by atoms with E-state index in [4.69, 9.17) is 17.2 Å². The van der Waals surface area contributed by atoms with Crippen LogP contribution >= 0.6 is 0 Å². The number of anilines is 7. The Morgan fingerprint density at radius 2 is 1.01 bits per heavy atom. The van der Waals surface area contributed by atoms with E-state index in [9.17, 15) is 74.5 Å². The third-order valence-corrected chi connectivity index (χ3v) is 10.3. The van der Waals surface area contributed by atoms with Crippen molar-refractivity contribution in [3.05, 3.63) is 128 Å². The fourth-order valence-electron chi connectivity index (χ4n) is 6.24. The highest BCUT2D eigenvalue weighted by atomic mass is 16.6. The molecule has 0 aromatic carbocycles. The van der Waals surface area contributed by atoms with Gasteiger partial charge in [0.1, 0.15) is 41.0 Å². The number of aromatic nitrogens is 5. The molecule has 0 spiro atoms. The van der Waals surface area contributed by atoms with Gasteiger partial charge in [-0.3, -0.25) is 74.5 Å². The number of nitrogens with zero attached hydrogens (tertiary/aromatic N) is 15. The minimum absolute atomic E-state index is 0.0380. The van der Waals surface area contributed by atoms with E-state index in [1.807, 2.05) is 9.80 Å². The molecule has 35 nitrogen and oxygen atoms in total. The lowest BCUT2D eigenvalue weighted by Crippen LogP contribution is -2.15. The van der Waals surface area contributed by atoms with Crippen molar-refractivity contribution in [2.24, 2.45) is 17.2 Å². The molecule has 75 heavy (non-hydrogen) atoms.